The molecule has 0 saturated carbocycles. The van der Waals surface area contributed by atoms with Gasteiger partial charge in [-0.2, -0.15) is 0 Å². The van der Waals surface area contributed by atoms with Crippen molar-refractivity contribution in [1.82, 2.24) is 0 Å². The second-order valence-electron chi connectivity index (χ2n) is 4.07. The van der Waals surface area contributed by atoms with Crippen LogP contribution in [0, 0.1) is 0 Å². The SMILES string of the molecule is O=C(O)/C=C/Oc1ccc(C=Cc2ccccc2)cc1. The van der Waals surface area contributed by atoms with Gasteiger partial charge in [-0.1, -0.05) is 54.6 Å². The lowest BCUT2D eigenvalue weighted by Crippen LogP contribution is -1.89. The van der Waals surface area contributed by atoms with Gasteiger partial charge in [0.15, 0.2) is 0 Å². The van der Waals surface area contributed by atoms with E-state index in [4.69, 9.17) is 9.84 Å². The normalized spacial score (nSPS) is 11.0. The maximum Gasteiger partial charge on any atom is 0.331 e. The molecule has 0 unspecified atom stereocenters. The molecule has 0 amide bonds. The maximum atomic E-state index is 10.3. The Morgan fingerprint density at radius 2 is 1.50 bits per heavy atom. The Labute approximate surface area is 117 Å². The average molecular weight is 266 g/mol. The van der Waals surface area contributed by atoms with Crippen LogP contribution in [0.1, 0.15) is 11.1 Å². The Kier molecular flexibility index (Phi) is 4.73. The van der Waals surface area contributed by atoms with Crippen molar-refractivity contribution < 1.29 is 14.6 Å². The highest BCUT2D eigenvalue weighted by molar-refractivity contribution is 5.79. The molecule has 0 bridgehead atoms. The monoisotopic (exact) mass is 266 g/mol. The Morgan fingerprint density at radius 1 is 0.900 bits per heavy atom. The van der Waals surface area contributed by atoms with Gasteiger partial charge in [-0.25, -0.2) is 4.79 Å². The van der Waals surface area contributed by atoms with Crippen molar-refractivity contribution in [3.8, 4) is 5.75 Å². The van der Waals surface area contributed by atoms with E-state index in [1.54, 1.807) is 12.1 Å². The Bertz CT molecular complexity index is 610. The number of aliphatic carboxylic acids is 1. The highest BCUT2D eigenvalue weighted by Crippen LogP contribution is 2.14. The summed E-state index contributed by atoms with van der Waals surface area (Å²) in [6.45, 7) is 0. The molecule has 0 radical (unpaired) electrons. The van der Waals surface area contributed by atoms with E-state index in [1.165, 1.54) is 0 Å². The van der Waals surface area contributed by atoms with Gasteiger partial charge in [0, 0.05) is 0 Å². The largest absolute Gasteiger partial charge is 0.478 e. The van der Waals surface area contributed by atoms with E-state index in [0.717, 1.165) is 23.5 Å². The molecule has 3 heteroatoms. The molecule has 0 aliphatic rings. The van der Waals surface area contributed by atoms with Crippen LogP contribution in [0.4, 0.5) is 0 Å². The molecule has 0 aliphatic heterocycles. The molecule has 0 spiro atoms. The molecule has 100 valence electrons. The first-order valence-corrected chi connectivity index (χ1v) is 6.13. The van der Waals surface area contributed by atoms with Gasteiger partial charge >= 0.3 is 5.97 Å². The fourth-order valence-electron chi connectivity index (χ4n) is 1.58. The van der Waals surface area contributed by atoms with Crippen molar-refractivity contribution in [2.24, 2.45) is 0 Å². The number of rotatable bonds is 5. The molecule has 0 aliphatic carbocycles. The summed E-state index contributed by atoms with van der Waals surface area (Å²) in [4.78, 5) is 10.3. The second-order valence-corrected chi connectivity index (χ2v) is 4.07. The first-order chi connectivity index (χ1) is 9.74. The molecule has 2 aromatic carbocycles. The summed E-state index contributed by atoms with van der Waals surface area (Å²) < 4.78 is 5.15. The van der Waals surface area contributed by atoms with Crippen LogP contribution in [-0.2, 0) is 4.79 Å². The number of carbonyl (C=O) groups is 1. The molecule has 0 saturated heterocycles. The number of hydrogen-bond donors (Lipinski definition) is 1. The molecule has 3 nitrogen and oxygen atoms in total. The van der Waals surface area contributed by atoms with Crippen LogP contribution in [0.2, 0.25) is 0 Å². The van der Waals surface area contributed by atoms with Gasteiger partial charge in [-0.05, 0) is 23.3 Å². The smallest absolute Gasteiger partial charge is 0.331 e. The van der Waals surface area contributed by atoms with E-state index in [0.29, 0.717) is 5.75 Å². The summed E-state index contributed by atoms with van der Waals surface area (Å²) in [6.07, 6.45) is 6.13. The van der Waals surface area contributed by atoms with Crippen LogP contribution in [0.25, 0.3) is 12.2 Å². The van der Waals surface area contributed by atoms with Gasteiger partial charge in [0.1, 0.15) is 5.75 Å². The van der Waals surface area contributed by atoms with Crippen molar-refractivity contribution in [2.75, 3.05) is 0 Å². The van der Waals surface area contributed by atoms with Crippen molar-refractivity contribution >= 4 is 18.1 Å². The van der Waals surface area contributed by atoms with Crippen LogP contribution >= 0.6 is 0 Å². The third-order valence-electron chi connectivity index (χ3n) is 2.56. The summed E-state index contributed by atoms with van der Waals surface area (Å²) in [6, 6.07) is 17.4. The fourth-order valence-corrected chi connectivity index (χ4v) is 1.58. The zero-order chi connectivity index (χ0) is 14.2. The summed E-state index contributed by atoms with van der Waals surface area (Å²) in [7, 11) is 0. The molecular weight excluding hydrogens is 252 g/mol. The molecule has 0 aromatic heterocycles. The van der Waals surface area contributed by atoms with Crippen LogP contribution in [-0.4, -0.2) is 11.1 Å². The third-order valence-corrected chi connectivity index (χ3v) is 2.56. The van der Waals surface area contributed by atoms with Crippen molar-refractivity contribution in [3.63, 3.8) is 0 Å². The van der Waals surface area contributed by atoms with E-state index >= 15 is 0 Å². The Hall–Kier alpha value is -2.81. The topological polar surface area (TPSA) is 46.5 Å². The molecule has 20 heavy (non-hydrogen) atoms. The number of hydrogen-bond acceptors (Lipinski definition) is 2. The maximum absolute atomic E-state index is 10.3. The average Bonchev–Trinajstić information content (AvgIpc) is 2.47. The van der Waals surface area contributed by atoms with Crippen LogP contribution in [0.3, 0.4) is 0 Å². The molecule has 2 rings (SSSR count). The quantitative estimate of drug-likeness (QED) is 0.508. The van der Waals surface area contributed by atoms with Crippen LogP contribution < -0.4 is 4.74 Å². The molecule has 0 atom stereocenters. The van der Waals surface area contributed by atoms with E-state index in [1.807, 2.05) is 54.6 Å². The van der Waals surface area contributed by atoms with E-state index in [2.05, 4.69) is 0 Å². The summed E-state index contributed by atoms with van der Waals surface area (Å²) in [5.41, 5.74) is 2.18. The lowest BCUT2D eigenvalue weighted by atomic mass is 10.1. The van der Waals surface area contributed by atoms with Gasteiger partial charge in [0.2, 0.25) is 0 Å². The Morgan fingerprint density at radius 3 is 2.10 bits per heavy atom. The summed E-state index contributed by atoms with van der Waals surface area (Å²) in [5.74, 6) is -0.438. The standard InChI is InChI=1S/C17H14O3/c18-17(19)12-13-20-16-10-8-15(9-11-16)7-6-14-4-2-1-3-5-14/h1-13H,(H,18,19)/b7-6?,13-12+. The summed E-state index contributed by atoms with van der Waals surface area (Å²) >= 11 is 0. The zero-order valence-electron chi connectivity index (χ0n) is 10.8. The predicted octanol–water partition coefficient (Wildman–Crippen LogP) is 3.83. The van der Waals surface area contributed by atoms with Gasteiger partial charge < -0.3 is 9.84 Å². The molecule has 0 fully saturated rings. The first kappa shape index (κ1) is 13.6. The van der Waals surface area contributed by atoms with E-state index in [9.17, 15) is 4.79 Å². The minimum atomic E-state index is -1.03. The number of carboxylic acids is 1. The van der Waals surface area contributed by atoms with Crippen molar-refractivity contribution in [3.05, 3.63) is 78.1 Å². The highest BCUT2D eigenvalue weighted by Gasteiger charge is 1.92. The minimum Gasteiger partial charge on any atom is -0.478 e. The van der Waals surface area contributed by atoms with E-state index < -0.39 is 5.97 Å². The molecular formula is C17H14O3. The van der Waals surface area contributed by atoms with Crippen molar-refractivity contribution in [2.45, 2.75) is 0 Å². The van der Waals surface area contributed by atoms with E-state index in [-0.39, 0.29) is 0 Å². The third kappa shape index (κ3) is 4.46. The molecule has 0 heterocycles. The highest BCUT2D eigenvalue weighted by atomic mass is 16.5. The lowest BCUT2D eigenvalue weighted by molar-refractivity contribution is -0.131. The summed E-state index contributed by atoms with van der Waals surface area (Å²) in [5, 5.41) is 8.44. The number of ether oxygens (including phenoxy) is 1. The van der Waals surface area contributed by atoms with Gasteiger partial charge in [0.05, 0.1) is 12.3 Å². The Balaban J connectivity index is 1.98. The van der Waals surface area contributed by atoms with Crippen LogP contribution in [0.15, 0.2) is 66.9 Å². The second kappa shape index (κ2) is 6.95. The fraction of sp³-hybridized carbons (Fsp3) is 0. The van der Waals surface area contributed by atoms with Crippen LogP contribution in [0.5, 0.6) is 5.75 Å². The number of carboxylic acid groups (broad SMARTS) is 1. The van der Waals surface area contributed by atoms with Gasteiger partial charge in [-0.15, -0.1) is 0 Å². The molecule has 1 N–H and O–H groups in total. The predicted molar refractivity (Wildman–Crippen MR) is 79.2 cm³/mol. The minimum absolute atomic E-state index is 0.597. The zero-order valence-corrected chi connectivity index (χ0v) is 10.8. The van der Waals surface area contributed by atoms with Crippen molar-refractivity contribution in [1.29, 1.82) is 0 Å². The van der Waals surface area contributed by atoms with Gasteiger partial charge in [0.25, 0.3) is 0 Å². The molecule has 2 aromatic rings. The first-order valence-electron chi connectivity index (χ1n) is 6.13. The van der Waals surface area contributed by atoms with Gasteiger partial charge in [-0.3, -0.25) is 0 Å². The number of benzene rings is 2. The lowest BCUT2D eigenvalue weighted by Gasteiger charge is -2.00.